The van der Waals surface area contributed by atoms with E-state index >= 15 is 0 Å². The van der Waals surface area contributed by atoms with Gasteiger partial charge in [-0.3, -0.25) is 0 Å². The lowest BCUT2D eigenvalue weighted by Crippen LogP contribution is -2.50. The first-order valence-electron chi connectivity index (χ1n) is 8.09. The van der Waals surface area contributed by atoms with Crippen LogP contribution in [-0.2, 0) is 4.74 Å². The quantitative estimate of drug-likeness (QED) is 0.836. The third-order valence-corrected chi connectivity index (χ3v) is 3.49. The Bertz CT molecular complexity index is 578. The van der Waals surface area contributed by atoms with Crippen molar-refractivity contribution < 1.29 is 9.53 Å². The number of ether oxygens (including phenoxy) is 1. The molecule has 2 heterocycles. The van der Waals surface area contributed by atoms with Gasteiger partial charge in [-0.05, 0) is 46.8 Å². The van der Waals surface area contributed by atoms with E-state index in [1.54, 1.807) is 4.90 Å². The summed E-state index contributed by atoms with van der Waals surface area (Å²) in [5.41, 5.74) is 1.91. The Morgan fingerprint density at radius 3 is 2.43 bits per heavy atom. The van der Waals surface area contributed by atoms with Crippen LogP contribution in [-0.4, -0.2) is 47.8 Å². The summed E-state index contributed by atoms with van der Waals surface area (Å²) in [5.74, 6) is 0.984. The number of piperazine rings is 1. The van der Waals surface area contributed by atoms with E-state index in [0.29, 0.717) is 13.1 Å². The van der Waals surface area contributed by atoms with Crippen LogP contribution in [0.5, 0.6) is 0 Å². The van der Waals surface area contributed by atoms with Crippen molar-refractivity contribution in [1.29, 1.82) is 0 Å². The summed E-state index contributed by atoms with van der Waals surface area (Å²) in [7, 11) is 0. The lowest BCUT2D eigenvalue weighted by Gasteiger charge is -2.36. The first-order chi connectivity index (χ1) is 10.8. The van der Waals surface area contributed by atoms with E-state index in [2.05, 4.69) is 35.9 Å². The van der Waals surface area contributed by atoms with E-state index in [0.717, 1.165) is 24.5 Å². The number of amides is 1. The Morgan fingerprint density at radius 1 is 1.22 bits per heavy atom. The van der Waals surface area contributed by atoms with Gasteiger partial charge in [-0.15, -0.1) is 0 Å². The van der Waals surface area contributed by atoms with E-state index in [1.807, 2.05) is 33.0 Å². The molecule has 23 heavy (non-hydrogen) atoms. The zero-order valence-electron chi connectivity index (χ0n) is 14.8. The summed E-state index contributed by atoms with van der Waals surface area (Å²) < 4.78 is 5.44. The van der Waals surface area contributed by atoms with Gasteiger partial charge in [0.25, 0.3) is 0 Å². The number of aromatic nitrogens is 1. The molecule has 0 spiro atoms. The van der Waals surface area contributed by atoms with Gasteiger partial charge in [-0.2, -0.15) is 0 Å². The van der Waals surface area contributed by atoms with Crippen LogP contribution in [0.15, 0.2) is 23.9 Å². The van der Waals surface area contributed by atoms with E-state index in [1.165, 1.54) is 5.57 Å². The van der Waals surface area contributed by atoms with Crippen LogP contribution in [0.3, 0.4) is 0 Å². The van der Waals surface area contributed by atoms with Crippen LogP contribution in [0.2, 0.25) is 0 Å². The normalized spacial score (nSPS) is 15.3. The fourth-order valence-corrected chi connectivity index (χ4v) is 2.52. The minimum absolute atomic E-state index is 0.234. The standard InChI is InChI=1S/C18H27N3O2/c1-14(2)13-15-7-6-8-19-16(15)20-9-11-21(12-10-20)17(22)23-18(3,4)5/h6-8,13H,9-12H2,1-5H3. The van der Waals surface area contributed by atoms with Gasteiger partial charge >= 0.3 is 6.09 Å². The molecule has 0 radical (unpaired) electrons. The molecule has 5 heteroatoms. The van der Waals surface area contributed by atoms with Crippen LogP contribution < -0.4 is 4.90 Å². The highest BCUT2D eigenvalue weighted by atomic mass is 16.6. The number of hydrogen-bond donors (Lipinski definition) is 0. The zero-order valence-corrected chi connectivity index (χ0v) is 14.8. The number of hydrogen-bond acceptors (Lipinski definition) is 4. The molecule has 1 saturated heterocycles. The molecule has 0 saturated carbocycles. The number of carbonyl (C=O) groups is 1. The molecular formula is C18H27N3O2. The van der Waals surface area contributed by atoms with E-state index < -0.39 is 5.60 Å². The number of nitrogens with zero attached hydrogens (tertiary/aromatic N) is 3. The van der Waals surface area contributed by atoms with Gasteiger partial charge in [0.2, 0.25) is 0 Å². The Labute approximate surface area is 138 Å². The molecular weight excluding hydrogens is 290 g/mol. The molecule has 0 bridgehead atoms. The second-order valence-corrected chi connectivity index (χ2v) is 7.09. The third-order valence-electron chi connectivity index (χ3n) is 3.49. The molecule has 0 unspecified atom stereocenters. The van der Waals surface area contributed by atoms with Crippen molar-refractivity contribution in [2.24, 2.45) is 0 Å². The number of allylic oxidation sites excluding steroid dienone is 1. The summed E-state index contributed by atoms with van der Waals surface area (Å²) in [6.45, 7) is 12.7. The summed E-state index contributed by atoms with van der Waals surface area (Å²) >= 11 is 0. The highest BCUT2D eigenvalue weighted by molar-refractivity contribution is 5.69. The Morgan fingerprint density at radius 2 is 1.87 bits per heavy atom. The Balaban J connectivity index is 2.03. The summed E-state index contributed by atoms with van der Waals surface area (Å²) in [4.78, 5) is 20.7. The monoisotopic (exact) mass is 317 g/mol. The van der Waals surface area contributed by atoms with Gasteiger partial charge in [0, 0.05) is 37.9 Å². The lowest BCUT2D eigenvalue weighted by molar-refractivity contribution is 0.0240. The molecule has 1 aromatic rings. The van der Waals surface area contributed by atoms with E-state index in [-0.39, 0.29) is 6.09 Å². The Kier molecular flexibility index (Phi) is 5.29. The zero-order chi connectivity index (χ0) is 17.0. The van der Waals surface area contributed by atoms with Gasteiger partial charge in [0.05, 0.1) is 0 Å². The molecule has 1 aliphatic heterocycles. The first-order valence-corrected chi connectivity index (χ1v) is 8.09. The van der Waals surface area contributed by atoms with Crippen molar-refractivity contribution in [3.05, 3.63) is 29.5 Å². The van der Waals surface area contributed by atoms with Gasteiger partial charge < -0.3 is 14.5 Å². The average molecular weight is 317 g/mol. The molecule has 0 atom stereocenters. The summed E-state index contributed by atoms with van der Waals surface area (Å²) in [6, 6.07) is 4.03. The predicted molar refractivity (Wildman–Crippen MR) is 93.6 cm³/mol. The van der Waals surface area contributed by atoms with Crippen molar-refractivity contribution in [2.45, 2.75) is 40.2 Å². The van der Waals surface area contributed by atoms with Crippen molar-refractivity contribution >= 4 is 18.0 Å². The first kappa shape index (κ1) is 17.3. The van der Waals surface area contributed by atoms with Crippen LogP contribution in [0.4, 0.5) is 10.6 Å². The van der Waals surface area contributed by atoms with Crippen molar-refractivity contribution in [1.82, 2.24) is 9.88 Å². The fourth-order valence-electron chi connectivity index (χ4n) is 2.52. The molecule has 0 aliphatic carbocycles. The second-order valence-electron chi connectivity index (χ2n) is 7.09. The Hall–Kier alpha value is -2.04. The molecule has 1 fully saturated rings. The molecule has 1 aliphatic rings. The molecule has 2 rings (SSSR count). The van der Waals surface area contributed by atoms with E-state index in [9.17, 15) is 4.79 Å². The molecule has 126 valence electrons. The van der Waals surface area contributed by atoms with Crippen molar-refractivity contribution in [3.63, 3.8) is 0 Å². The van der Waals surface area contributed by atoms with Gasteiger partial charge in [-0.1, -0.05) is 11.6 Å². The number of pyridine rings is 1. The van der Waals surface area contributed by atoms with Gasteiger partial charge in [0.1, 0.15) is 11.4 Å². The SMILES string of the molecule is CC(C)=Cc1cccnc1N1CCN(C(=O)OC(C)(C)C)CC1. The molecule has 1 amide bonds. The highest BCUT2D eigenvalue weighted by Crippen LogP contribution is 2.22. The molecule has 5 nitrogen and oxygen atoms in total. The van der Waals surface area contributed by atoms with Crippen LogP contribution >= 0.6 is 0 Å². The maximum atomic E-state index is 12.1. The van der Waals surface area contributed by atoms with Gasteiger partial charge in [0.15, 0.2) is 0 Å². The van der Waals surface area contributed by atoms with Gasteiger partial charge in [-0.25, -0.2) is 9.78 Å². The smallest absolute Gasteiger partial charge is 0.410 e. The number of anilines is 1. The average Bonchev–Trinajstić information content (AvgIpc) is 2.45. The topological polar surface area (TPSA) is 45.7 Å². The van der Waals surface area contributed by atoms with Crippen LogP contribution in [0.25, 0.3) is 6.08 Å². The third kappa shape index (κ3) is 4.98. The number of carbonyl (C=O) groups excluding carboxylic acids is 1. The summed E-state index contributed by atoms with van der Waals surface area (Å²) in [6.07, 6.45) is 3.73. The molecule has 0 N–H and O–H groups in total. The lowest BCUT2D eigenvalue weighted by atomic mass is 10.1. The van der Waals surface area contributed by atoms with Crippen molar-refractivity contribution in [2.75, 3.05) is 31.1 Å². The van der Waals surface area contributed by atoms with Crippen LogP contribution in [0.1, 0.15) is 40.2 Å². The maximum Gasteiger partial charge on any atom is 0.410 e. The minimum Gasteiger partial charge on any atom is -0.444 e. The molecule has 1 aromatic heterocycles. The van der Waals surface area contributed by atoms with Crippen molar-refractivity contribution in [3.8, 4) is 0 Å². The summed E-state index contributed by atoms with van der Waals surface area (Å²) in [5, 5.41) is 0. The second kappa shape index (κ2) is 7.02. The predicted octanol–water partition coefficient (Wildman–Crippen LogP) is 3.56. The minimum atomic E-state index is -0.453. The highest BCUT2D eigenvalue weighted by Gasteiger charge is 2.26. The van der Waals surface area contributed by atoms with Crippen LogP contribution in [0, 0.1) is 0 Å². The largest absolute Gasteiger partial charge is 0.444 e. The number of rotatable bonds is 2. The van der Waals surface area contributed by atoms with E-state index in [4.69, 9.17) is 4.74 Å². The molecule has 0 aromatic carbocycles. The maximum absolute atomic E-state index is 12.1. The fraction of sp³-hybridized carbons (Fsp3) is 0.556.